The first-order valence-corrected chi connectivity index (χ1v) is 8.41. The fraction of sp³-hybridized carbons (Fsp3) is 0.444. The molecule has 0 fully saturated rings. The van der Waals surface area contributed by atoms with Crippen molar-refractivity contribution in [1.82, 2.24) is 9.97 Å². The first-order valence-electron chi connectivity index (χ1n) is 8.41. The molecule has 0 saturated heterocycles. The summed E-state index contributed by atoms with van der Waals surface area (Å²) in [5.41, 5.74) is 7.85. The molecule has 0 unspecified atom stereocenters. The van der Waals surface area contributed by atoms with Gasteiger partial charge in [0.25, 0.3) is 0 Å². The number of halogens is 3. The van der Waals surface area contributed by atoms with E-state index in [2.05, 4.69) is 16.9 Å². The zero-order valence-electron chi connectivity index (χ0n) is 14.7. The number of nitrogens with zero attached hydrogens (tertiary/aromatic N) is 3. The minimum Gasteiger partial charge on any atom is -0.383 e. The van der Waals surface area contributed by atoms with Crippen LogP contribution in [0, 0.1) is 0 Å². The molecule has 0 atom stereocenters. The van der Waals surface area contributed by atoms with Crippen molar-refractivity contribution >= 4 is 17.5 Å². The standard InChI is InChI=1S/C18H23F3N4/c1-4-7-15-14(5-2)16(22)24-17(23-15)25(6-3)13-10-8-12(9-11-13)18(19,20)21/h8-11H,4-7H2,1-3H3,(H2,22,23,24). The quantitative estimate of drug-likeness (QED) is 0.815. The predicted molar refractivity (Wildman–Crippen MR) is 93.9 cm³/mol. The van der Waals surface area contributed by atoms with E-state index in [0.717, 1.165) is 42.7 Å². The average Bonchev–Trinajstić information content (AvgIpc) is 2.55. The van der Waals surface area contributed by atoms with Crippen molar-refractivity contribution in [3.63, 3.8) is 0 Å². The van der Waals surface area contributed by atoms with Gasteiger partial charge in [-0.05, 0) is 44.0 Å². The number of nitrogens with two attached hydrogens (primary N) is 1. The van der Waals surface area contributed by atoms with Gasteiger partial charge in [0.2, 0.25) is 5.95 Å². The molecule has 0 amide bonds. The van der Waals surface area contributed by atoms with E-state index in [-0.39, 0.29) is 0 Å². The zero-order valence-corrected chi connectivity index (χ0v) is 14.7. The maximum absolute atomic E-state index is 12.7. The Bertz CT molecular complexity index is 711. The molecule has 2 aromatic rings. The molecule has 4 nitrogen and oxygen atoms in total. The Morgan fingerprint density at radius 1 is 1.04 bits per heavy atom. The van der Waals surface area contributed by atoms with E-state index in [1.807, 2.05) is 13.8 Å². The Morgan fingerprint density at radius 2 is 1.68 bits per heavy atom. The summed E-state index contributed by atoms with van der Waals surface area (Å²) in [6, 6.07) is 4.99. The van der Waals surface area contributed by atoms with E-state index >= 15 is 0 Å². The summed E-state index contributed by atoms with van der Waals surface area (Å²) in [6.07, 6.45) is -1.90. The molecular formula is C18H23F3N4. The fourth-order valence-corrected chi connectivity index (χ4v) is 2.76. The smallest absolute Gasteiger partial charge is 0.383 e. The van der Waals surface area contributed by atoms with Gasteiger partial charge < -0.3 is 10.6 Å². The third-order valence-corrected chi connectivity index (χ3v) is 4.02. The van der Waals surface area contributed by atoms with Crippen molar-refractivity contribution in [1.29, 1.82) is 0 Å². The topological polar surface area (TPSA) is 55.0 Å². The molecule has 0 aliphatic heterocycles. The minimum absolute atomic E-state index is 0.417. The Hall–Kier alpha value is -2.31. The maximum Gasteiger partial charge on any atom is 0.416 e. The molecule has 0 saturated carbocycles. The summed E-state index contributed by atoms with van der Waals surface area (Å²) in [6.45, 7) is 6.47. The van der Waals surface area contributed by atoms with E-state index in [0.29, 0.717) is 24.0 Å². The number of rotatable bonds is 6. The van der Waals surface area contributed by atoms with Crippen LogP contribution in [0.3, 0.4) is 0 Å². The van der Waals surface area contributed by atoms with Gasteiger partial charge in [-0.1, -0.05) is 20.3 Å². The molecule has 25 heavy (non-hydrogen) atoms. The van der Waals surface area contributed by atoms with Crippen molar-refractivity contribution in [2.24, 2.45) is 0 Å². The summed E-state index contributed by atoms with van der Waals surface area (Å²) >= 11 is 0. The Morgan fingerprint density at radius 3 is 2.16 bits per heavy atom. The molecule has 0 aliphatic carbocycles. The van der Waals surface area contributed by atoms with Crippen LogP contribution in [-0.4, -0.2) is 16.5 Å². The van der Waals surface area contributed by atoms with Crippen LogP contribution in [-0.2, 0) is 19.0 Å². The van der Waals surface area contributed by atoms with E-state index in [9.17, 15) is 13.2 Å². The van der Waals surface area contributed by atoms with Crippen LogP contribution in [0.2, 0.25) is 0 Å². The average molecular weight is 352 g/mol. The summed E-state index contributed by atoms with van der Waals surface area (Å²) in [5, 5.41) is 0. The Kier molecular flexibility index (Phi) is 5.87. The van der Waals surface area contributed by atoms with E-state index < -0.39 is 11.7 Å². The van der Waals surface area contributed by atoms with Gasteiger partial charge in [-0.2, -0.15) is 18.2 Å². The maximum atomic E-state index is 12.7. The van der Waals surface area contributed by atoms with Crippen LogP contribution >= 0.6 is 0 Å². The van der Waals surface area contributed by atoms with Crippen molar-refractivity contribution in [2.75, 3.05) is 17.2 Å². The lowest BCUT2D eigenvalue weighted by Crippen LogP contribution is -2.21. The van der Waals surface area contributed by atoms with Gasteiger partial charge in [0.1, 0.15) is 5.82 Å². The molecule has 0 bridgehead atoms. The van der Waals surface area contributed by atoms with Gasteiger partial charge >= 0.3 is 6.18 Å². The molecular weight excluding hydrogens is 329 g/mol. The SMILES string of the molecule is CCCc1nc(N(CC)c2ccc(C(F)(F)F)cc2)nc(N)c1CC. The highest BCUT2D eigenvalue weighted by atomic mass is 19.4. The monoisotopic (exact) mass is 352 g/mol. The number of alkyl halides is 3. The molecule has 1 aromatic carbocycles. The summed E-state index contributed by atoms with van der Waals surface area (Å²) in [7, 11) is 0. The van der Waals surface area contributed by atoms with Crippen molar-refractivity contribution in [3.05, 3.63) is 41.1 Å². The van der Waals surface area contributed by atoms with E-state index in [4.69, 9.17) is 5.73 Å². The second-order valence-corrected chi connectivity index (χ2v) is 5.73. The second-order valence-electron chi connectivity index (χ2n) is 5.73. The summed E-state index contributed by atoms with van der Waals surface area (Å²) in [4.78, 5) is 10.8. The highest BCUT2D eigenvalue weighted by molar-refractivity contribution is 5.60. The molecule has 0 aliphatic rings. The van der Waals surface area contributed by atoms with E-state index in [1.54, 1.807) is 4.90 Å². The van der Waals surface area contributed by atoms with Crippen LogP contribution < -0.4 is 10.6 Å². The normalized spacial score (nSPS) is 11.6. The first kappa shape index (κ1) is 19.0. The highest BCUT2D eigenvalue weighted by Crippen LogP contribution is 2.32. The lowest BCUT2D eigenvalue weighted by atomic mass is 10.1. The fourth-order valence-electron chi connectivity index (χ4n) is 2.76. The lowest BCUT2D eigenvalue weighted by Gasteiger charge is -2.23. The molecule has 2 rings (SSSR count). The number of nitrogen functional groups attached to an aromatic ring is 1. The number of anilines is 3. The molecule has 0 spiro atoms. The van der Waals surface area contributed by atoms with Gasteiger partial charge in [-0.15, -0.1) is 0 Å². The third-order valence-electron chi connectivity index (χ3n) is 4.02. The Labute approximate surface area is 145 Å². The van der Waals surface area contributed by atoms with Crippen LogP contribution in [0.25, 0.3) is 0 Å². The first-order chi connectivity index (χ1) is 11.8. The lowest BCUT2D eigenvalue weighted by molar-refractivity contribution is -0.137. The van der Waals surface area contributed by atoms with Gasteiger partial charge in [0.15, 0.2) is 0 Å². The molecule has 2 N–H and O–H groups in total. The van der Waals surface area contributed by atoms with Crippen molar-refractivity contribution in [3.8, 4) is 0 Å². The Balaban J connectivity index is 2.43. The second kappa shape index (κ2) is 7.72. The molecule has 1 heterocycles. The van der Waals surface area contributed by atoms with Gasteiger partial charge in [-0.3, -0.25) is 0 Å². The van der Waals surface area contributed by atoms with Crippen LogP contribution in [0.1, 0.15) is 44.0 Å². The number of aryl methyl sites for hydroxylation is 1. The number of aromatic nitrogens is 2. The third kappa shape index (κ3) is 4.21. The molecule has 136 valence electrons. The zero-order chi connectivity index (χ0) is 18.6. The van der Waals surface area contributed by atoms with Gasteiger partial charge in [-0.25, -0.2) is 4.98 Å². The molecule has 1 aromatic heterocycles. The number of hydrogen-bond acceptors (Lipinski definition) is 4. The number of benzene rings is 1. The van der Waals surface area contributed by atoms with Crippen LogP contribution in [0.15, 0.2) is 24.3 Å². The summed E-state index contributed by atoms with van der Waals surface area (Å²) in [5.74, 6) is 0.849. The molecule has 7 heteroatoms. The van der Waals surface area contributed by atoms with Gasteiger partial charge in [0.05, 0.1) is 11.3 Å². The van der Waals surface area contributed by atoms with Crippen LogP contribution in [0.5, 0.6) is 0 Å². The van der Waals surface area contributed by atoms with Gasteiger partial charge in [0, 0.05) is 17.8 Å². The van der Waals surface area contributed by atoms with Crippen LogP contribution in [0.4, 0.5) is 30.6 Å². The summed E-state index contributed by atoms with van der Waals surface area (Å²) < 4.78 is 38.2. The number of hydrogen-bond donors (Lipinski definition) is 1. The predicted octanol–water partition coefficient (Wildman–Crippen LogP) is 4.75. The minimum atomic E-state index is -4.35. The van der Waals surface area contributed by atoms with Crippen molar-refractivity contribution in [2.45, 2.75) is 46.2 Å². The highest BCUT2D eigenvalue weighted by Gasteiger charge is 2.30. The largest absolute Gasteiger partial charge is 0.416 e. The van der Waals surface area contributed by atoms with E-state index in [1.165, 1.54) is 12.1 Å². The van der Waals surface area contributed by atoms with Crippen molar-refractivity contribution < 1.29 is 13.2 Å². The molecule has 0 radical (unpaired) electrons.